The predicted molar refractivity (Wildman–Crippen MR) is 79.9 cm³/mol. The highest BCUT2D eigenvalue weighted by Crippen LogP contribution is 2.30. The molecule has 1 aromatic carbocycles. The molecule has 4 nitrogen and oxygen atoms in total. The van der Waals surface area contributed by atoms with Crippen LogP contribution in [0, 0.1) is 5.41 Å². The van der Waals surface area contributed by atoms with Crippen LogP contribution >= 0.6 is 0 Å². The van der Waals surface area contributed by atoms with E-state index in [-0.39, 0.29) is 5.41 Å². The Labute approximate surface area is 119 Å². The summed E-state index contributed by atoms with van der Waals surface area (Å²) in [6.07, 6.45) is 0.389. The first-order valence-corrected chi connectivity index (χ1v) is 6.83. The molecule has 0 aliphatic rings. The van der Waals surface area contributed by atoms with Crippen molar-refractivity contribution in [3.8, 4) is 0 Å². The molecule has 20 heavy (non-hydrogen) atoms. The largest absolute Gasteiger partial charge is 0.481 e. The van der Waals surface area contributed by atoms with Crippen molar-refractivity contribution >= 4 is 17.0 Å². The van der Waals surface area contributed by atoms with Crippen molar-refractivity contribution in [2.45, 2.75) is 46.5 Å². The number of para-hydroxylation sites is 1. The molecule has 0 saturated carbocycles. The van der Waals surface area contributed by atoms with Crippen LogP contribution in [0.2, 0.25) is 0 Å². The van der Waals surface area contributed by atoms with Gasteiger partial charge in [0, 0.05) is 6.42 Å². The third-order valence-corrected chi connectivity index (χ3v) is 3.56. The number of carbonyl (C=O) groups is 1. The zero-order valence-electron chi connectivity index (χ0n) is 12.7. The maximum Gasteiger partial charge on any atom is 0.309 e. The van der Waals surface area contributed by atoms with Crippen molar-refractivity contribution in [1.82, 2.24) is 9.97 Å². The average molecular weight is 274 g/mol. The quantitative estimate of drug-likeness (QED) is 0.900. The number of aliphatic carboxylic acids is 1. The molecule has 0 amide bonds. The summed E-state index contributed by atoms with van der Waals surface area (Å²) in [4.78, 5) is 19.1. The molecule has 0 aliphatic heterocycles. The second kappa shape index (κ2) is 4.62. The Kier molecular flexibility index (Phi) is 3.36. The zero-order chi connectivity index (χ0) is 15.1. The molecule has 0 bridgehead atoms. The standard InChI is InChI=1S/C16H22N2O2/c1-15(2,3)10-7-6-8-11-13(10)18-12(17-11)9-16(4,5)14(19)20/h6-8H,9H2,1-5H3,(H,17,18)(H,19,20). The molecule has 0 atom stereocenters. The fourth-order valence-electron chi connectivity index (χ4n) is 2.27. The van der Waals surface area contributed by atoms with Crippen molar-refractivity contribution < 1.29 is 9.90 Å². The lowest BCUT2D eigenvalue weighted by molar-refractivity contribution is -0.146. The summed E-state index contributed by atoms with van der Waals surface area (Å²) >= 11 is 0. The van der Waals surface area contributed by atoms with Gasteiger partial charge in [-0.25, -0.2) is 4.98 Å². The molecular weight excluding hydrogens is 252 g/mol. The number of rotatable bonds is 3. The van der Waals surface area contributed by atoms with Gasteiger partial charge in [-0.05, 0) is 30.9 Å². The second-order valence-electron chi connectivity index (χ2n) is 7.00. The Morgan fingerprint density at radius 2 is 1.90 bits per heavy atom. The zero-order valence-corrected chi connectivity index (χ0v) is 12.7. The van der Waals surface area contributed by atoms with Crippen LogP contribution in [0.1, 0.15) is 46.0 Å². The van der Waals surface area contributed by atoms with Gasteiger partial charge in [-0.2, -0.15) is 0 Å². The van der Waals surface area contributed by atoms with Crippen LogP contribution in [0.3, 0.4) is 0 Å². The van der Waals surface area contributed by atoms with Crippen molar-refractivity contribution in [1.29, 1.82) is 0 Å². The average Bonchev–Trinajstić information content (AvgIpc) is 2.67. The second-order valence-corrected chi connectivity index (χ2v) is 7.00. The highest BCUT2D eigenvalue weighted by atomic mass is 16.4. The third kappa shape index (κ3) is 2.69. The molecule has 2 aromatic rings. The highest BCUT2D eigenvalue weighted by molar-refractivity contribution is 5.80. The minimum Gasteiger partial charge on any atom is -0.481 e. The Morgan fingerprint density at radius 1 is 1.25 bits per heavy atom. The summed E-state index contributed by atoms with van der Waals surface area (Å²) in [7, 11) is 0. The SMILES string of the molecule is CC(C)(Cc1nc2c(C(C)(C)C)cccc2[nH]1)C(=O)O. The van der Waals surface area contributed by atoms with E-state index in [2.05, 4.69) is 36.8 Å². The van der Waals surface area contributed by atoms with Gasteiger partial charge in [-0.15, -0.1) is 0 Å². The Morgan fingerprint density at radius 3 is 2.45 bits per heavy atom. The molecule has 0 spiro atoms. The van der Waals surface area contributed by atoms with Crippen LogP contribution in [0.4, 0.5) is 0 Å². The summed E-state index contributed by atoms with van der Waals surface area (Å²) < 4.78 is 0. The predicted octanol–water partition coefficient (Wildman–Crippen LogP) is 3.51. The number of carboxylic acids is 1. The summed E-state index contributed by atoms with van der Waals surface area (Å²) in [6.45, 7) is 9.88. The van der Waals surface area contributed by atoms with Crippen molar-refractivity contribution in [3.05, 3.63) is 29.6 Å². The van der Waals surface area contributed by atoms with E-state index in [0.717, 1.165) is 16.9 Å². The molecule has 1 heterocycles. The minimum atomic E-state index is -0.824. The number of benzene rings is 1. The molecule has 2 N–H and O–H groups in total. The third-order valence-electron chi connectivity index (χ3n) is 3.56. The fraction of sp³-hybridized carbons (Fsp3) is 0.500. The number of hydrogen-bond acceptors (Lipinski definition) is 2. The smallest absolute Gasteiger partial charge is 0.309 e. The highest BCUT2D eigenvalue weighted by Gasteiger charge is 2.29. The number of hydrogen-bond donors (Lipinski definition) is 2. The molecule has 4 heteroatoms. The van der Waals surface area contributed by atoms with Crippen molar-refractivity contribution in [2.24, 2.45) is 5.41 Å². The van der Waals surface area contributed by atoms with Gasteiger partial charge < -0.3 is 10.1 Å². The first-order chi connectivity index (χ1) is 9.11. The van der Waals surface area contributed by atoms with Gasteiger partial charge in [0.1, 0.15) is 5.82 Å². The summed E-state index contributed by atoms with van der Waals surface area (Å²) in [5.74, 6) is -0.0851. The fourth-order valence-corrected chi connectivity index (χ4v) is 2.27. The first kappa shape index (κ1) is 14.6. The van der Waals surface area contributed by atoms with Gasteiger partial charge in [-0.1, -0.05) is 32.9 Å². The number of nitrogens with zero attached hydrogens (tertiary/aromatic N) is 1. The van der Waals surface area contributed by atoms with Crippen LogP contribution < -0.4 is 0 Å². The van der Waals surface area contributed by atoms with Crippen LogP contribution in [0.15, 0.2) is 18.2 Å². The summed E-state index contributed by atoms with van der Waals surface area (Å²) in [5, 5.41) is 9.22. The van der Waals surface area contributed by atoms with Crippen LogP contribution in [-0.4, -0.2) is 21.0 Å². The maximum absolute atomic E-state index is 11.2. The number of imidazole rings is 1. The van der Waals surface area contributed by atoms with Crippen LogP contribution in [-0.2, 0) is 16.6 Å². The molecule has 1 aromatic heterocycles. The van der Waals surface area contributed by atoms with E-state index in [4.69, 9.17) is 0 Å². The normalized spacial score (nSPS) is 12.8. The first-order valence-electron chi connectivity index (χ1n) is 6.83. The van der Waals surface area contributed by atoms with E-state index < -0.39 is 11.4 Å². The lowest BCUT2D eigenvalue weighted by Crippen LogP contribution is -2.26. The molecule has 0 radical (unpaired) electrons. The van der Waals surface area contributed by atoms with Crippen LogP contribution in [0.25, 0.3) is 11.0 Å². The molecule has 0 fully saturated rings. The molecular formula is C16H22N2O2. The Bertz CT molecular complexity index is 648. The Balaban J connectivity index is 2.47. The van der Waals surface area contributed by atoms with E-state index in [0.29, 0.717) is 6.42 Å². The van der Waals surface area contributed by atoms with E-state index in [1.165, 1.54) is 5.56 Å². The van der Waals surface area contributed by atoms with Crippen LogP contribution in [0.5, 0.6) is 0 Å². The van der Waals surface area contributed by atoms with Gasteiger partial charge in [-0.3, -0.25) is 4.79 Å². The number of H-pyrrole nitrogens is 1. The topological polar surface area (TPSA) is 66.0 Å². The van der Waals surface area contributed by atoms with Gasteiger partial charge in [0.05, 0.1) is 16.4 Å². The number of aromatic nitrogens is 2. The van der Waals surface area contributed by atoms with Gasteiger partial charge in [0.15, 0.2) is 0 Å². The lowest BCUT2D eigenvalue weighted by Gasteiger charge is -2.19. The molecule has 108 valence electrons. The summed E-state index contributed by atoms with van der Waals surface area (Å²) in [6, 6.07) is 6.07. The lowest BCUT2D eigenvalue weighted by atomic mass is 9.86. The number of fused-ring (bicyclic) bond motifs is 1. The van der Waals surface area contributed by atoms with E-state index in [1.54, 1.807) is 13.8 Å². The minimum absolute atomic E-state index is 0.00822. The summed E-state index contributed by atoms with van der Waals surface area (Å²) in [5.41, 5.74) is 2.26. The van der Waals surface area contributed by atoms with E-state index >= 15 is 0 Å². The number of nitrogens with one attached hydrogen (secondary N) is 1. The molecule has 0 aliphatic carbocycles. The van der Waals surface area contributed by atoms with Gasteiger partial charge in [0.25, 0.3) is 0 Å². The molecule has 0 unspecified atom stereocenters. The number of carboxylic acid groups (broad SMARTS) is 1. The molecule has 0 saturated heterocycles. The maximum atomic E-state index is 11.2. The monoisotopic (exact) mass is 274 g/mol. The number of aromatic amines is 1. The molecule has 2 rings (SSSR count). The van der Waals surface area contributed by atoms with Crippen molar-refractivity contribution in [2.75, 3.05) is 0 Å². The van der Waals surface area contributed by atoms with Crippen molar-refractivity contribution in [3.63, 3.8) is 0 Å². The van der Waals surface area contributed by atoms with E-state index in [9.17, 15) is 9.90 Å². The van der Waals surface area contributed by atoms with E-state index in [1.807, 2.05) is 12.1 Å². The van der Waals surface area contributed by atoms with Gasteiger partial charge in [0.2, 0.25) is 0 Å². The Hall–Kier alpha value is -1.84. The van der Waals surface area contributed by atoms with Gasteiger partial charge >= 0.3 is 5.97 Å².